The summed E-state index contributed by atoms with van der Waals surface area (Å²) in [5.41, 5.74) is 0.993. The molecule has 2 rings (SSSR count). The molecule has 1 unspecified atom stereocenters. The van der Waals surface area contributed by atoms with Gasteiger partial charge in [-0.05, 0) is 32.1 Å². The van der Waals surface area contributed by atoms with Gasteiger partial charge in [-0.1, -0.05) is 23.8 Å². The number of rotatable bonds is 3. The predicted octanol–water partition coefficient (Wildman–Crippen LogP) is 1.70. The third-order valence-corrected chi connectivity index (χ3v) is 3.11. The summed E-state index contributed by atoms with van der Waals surface area (Å²) in [6.07, 6.45) is 6.02. The first-order chi connectivity index (χ1) is 6.61. The van der Waals surface area contributed by atoms with E-state index in [0.717, 1.165) is 12.0 Å². The van der Waals surface area contributed by atoms with Gasteiger partial charge in [-0.3, -0.25) is 4.79 Å². The van der Waals surface area contributed by atoms with E-state index in [4.69, 9.17) is 0 Å². The number of ketones is 1. The predicted molar refractivity (Wildman–Crippen MR) is 54.7 cm³/mol. The number of carbonyl (C=O) groups is 1. The first-order valence-electron chi connectivity index (χ1n) is 5.14. The molecule has 2 nitrogen and oxygen atoms in total. The first-order valence-corrected chi connectivity index (χ1v) is 5.14. The van der Waals surface area contributed by atoms with Crippen LogP contribution in [0.3, 0.4) is 0 Å². The second-order valence-electron chi connectivity index (χ2n) is 4.52. The Labute approximate surface area is 84.3 Å². The van der Waals surface area contributed by atoms with Crippen molar-refractivity contribution >= 4 is 5.78 Å². The highest BCUT2D eigenvalue weighted by atomic mass is 16.3. The van der Waals surface area contributed by atoms with Gasteiger partial charge in [0.1, 0.15) is 6.10 Å². The molecule has 4 atom stereocenters. The molecular weight excluding hydrogens is 176 g/mol. The molecule has 0 aromatic carbocycles. The Bertz CT molecular complexity index is 310. The smallest absolute Gasteiger partial charge is 0.169 e. The Morgan fingerprint density at radius 1 is 1.57 bits per heavy atom. The zero-order valence-corrected chi connectivity index (χ0v) is 8.60. The maximum atomic E-state index is 11.7. The second-order valence-corrected chi connectivity index (χ2v) is 4.52. The van der Waals surface area contributed by atoms with Gasteiger partial charge in [-0.15, -0.1) is 0 Å². The van der Waals surface area contributed by atoms with Crippen LogP contribution in [0.25, 0.3) is 0 Å². The lowest BCUT2D eigenvalue weighted by atomic mass is 10.0. The van der Waals surface area contributed by atoms with Crippen LogP contribution < -0.4 is 0 Å². The molecule has 2 aliphatic rings. The summed E-state index contributed by atoms with van der Waals surface area (Å²) in [5.74, 6) is 1.04. The largest absolute Gasteiger partial charge is 0.381 e. The third-order valence-electron chi connectivity index (χ3n) is 3.11. The number of carbonyl (C=O) groups excluding carboxylic acids is 1. The maximum absolute atomic E-state index is 11.7. The molecule has 0 amide bonds. The lowest BCUT2D eigenvalue weighted by Crippen LogP contribution is -2.21. The van der Waals surface area contributed by atoms with Crippen molar-refractivity contribution in [1.82, 2.24) is 0 Å². The van der Waals surface area contributed by atoms with E-state index in [1.165, 1.54) is 0 Å². The van der Waals surface area contributed by atoms with E-state index >= 15 is 0 Å². The number of hydrogen-bond acceptors (Lipinski definition) is 2. The summed E-state index contributed by atoms with van der Waals surface area (Å²) in [4.78, 5) is 11.7. The van der Waals surface area contributed by atoms with Crippen LogP contribution in [0.15, 0.2) is 23.8 Å². The van der Waals surface area contributed by atoms with Gasteiger partial charge in [0.2, 0.25) is 0 Å². The van der Waals surface area contributed by atoms with E-state index in [0.29, 0.717) is 11.8 Å². The SMILES string of the molecule is CC(C)=CC(O)C(=O)[C@H]1[C@H]2C=CC[C@H]21. The fraction of sp³-hybridized carbons (Fsp3) is 0.583. The molecule has 2 heteroatoms. The molecule has 0 aromatic rings. The van der Waals surface area contributed by atoms with Crippen LogP contribution in [-0.2, 0) is 4.79 Å². The van der Waals surface area contributed by atoms with Crippen LogP contribution >= 0.6 is 0 Å². The van der Waals surface area contributed by atoms with Crippen molar-refractivity contribution in [2.24, 2.45) is 17.8 Å². The minimum atomic E-state index is -0.885. The molecule has 0 bridgehead atoms. The first kappa shape index (κ1) is 9.66. The Balaban J connectivity index is 1.97. The molecule has 76 valence electrons. The fourth-order valence-corrected chi connectivity index (χ4v) is 2.36. The normalized spacial score (nSPS) is 34.9. The Hall–Kier alpha value is -0.890. The number of aliphatic hydroxyl groups is 1. The molecule has 14 heavy (non-hydrogen) atoms. The molecule has 1 saturated carbocycles. The standard InChI is InChI=1S/C12H16O2/c1-7(2)6-10(13)12(14)11-8-4-3-5-9(8)11/h3-4,6,8-11,13H,5H2,1-2H3/t8-,9+,10?,11-/m0/s1. The minimum Gasteiger partial charge on any atom is -0.381 e. The fourth-order valence-electron chi connectivity index (χ4n) is 2.36. The van der Waals surface area contributed by atoms with Crippen LogP contribution in [0.4, 0.5) is 0 Å². The zero-order valence-electron chi connectivity index (χ0n) is 8.60. The Morgan fingerprint density at radius 3 is 2.79 bits per heavy atom. The van der Waals surface area contributed by atoms with Crippen molar-refractivity contribution in [3.8, 4) is 0 Å². The number of hydrogen-bond donors (Lipinski definition) is 1. The molecule has 1 N–H and O–H groups in total. The van der Waals surface area contributed by atoms with Crippen LogP contribution in [0.2, 0.25) is 0 Å². The van der Waals surface area contributed by atoms with Crippen LogP contribution in [0, 0.1) is 17.8 Å². The lowest BCUT2D eigenvalue weighted by Gasteiger charge is -2.05. The topological polar surface area (TPSA) is 37.3 Å². The van der Waals surface area contributed by atoms with Crippen molar-refractivity contribution in [3.05, 3.63) is 23.8 Å². The highest BCUT2D eigenvalue weighted by molar-refractivity contribution is 5.90. The molecule has 0 aromatic heterocycles. The van der Waals surface area contributed by atoms with Crippen molar-refractivity contribution in [2.75, 3.05) is 0 Å². The zero-order chi connectivity index (χ0) is 10.3. The lowest BCUT2D eigenvalue weighted by molar-refractivity contribution is -0.126. The summed E-state index contributed by atoms with van der Waals surface area (Å²) in [7, 11) is 0. The summed E-state index contributed by atoms with van der Waals surface area (Å²) >= 11 is 0. The average molecular weight is 192 g/mol. The summed E-state index contributed by atoms with van der Waals surface area (Å²) in [5, 5.41) is 9.60. The quantitative estimate of drug-likeness (QED) is 0.691. The van der Waals surface area contributed by atoms with E-state index in [1.54, 1.807) is 6.08 Å². The van der Waals surface area contributed by atoms with E-state index in [-0.39, 0.29) is 11.7 Å². The van der Waals surface area contributed by atoms with E-state index in [1.807, 2.05) is 13.8 Å². The molecular formula is C12H16O2. The number of aliphatic hydroxyl groups excluding tert-OH is 1. The molecule has 0 saturated heterocycles. The molecule has 0 heterocycles. The minimum absolute atomic E-state index is 0.00514. The second kappa shape index (κ2) is 3.35. The monoisotopic (exact) mass is 192 g/mol. The number of Topliss-reactive ketones (excluding diaryl/α,β-unsaturated/α-hetero) is 1. The summed E-state index contributed by atoms with van der Waals surface area (Å²) < 4.78 is 0. The van der Waals surface area contributed by atoms with Gasteiger partial charge < -0.3 is 5.11 Å². The summed E-state index contributed by atoms with van der Waals surface area (Å²) in [6.45, 7) is 3.79. The van der Waals surface area contributed by atoms with Gasteiger partial charge in [0, 0.05) is 5.92 Å². The molecule has 0 aliphatic heterocycles. The molecule has 2 aliphatic carbocycles. The average Bonchev–Trinajstić information content (AvgIpc) is 2.56. The van der Waals surface area contributed by atoms with Gasteiger partial charge in [-0.25, -0.2) is 0 Å². The van der Waals surface area contributed by atoms with Crippen molar-refractivity contribution in [1.29, 1.82) is 0 Å². The Morgan fingerprint density at radius 2 is 2.29 bits per heavy atom. The maximum Gasteiger partial charge on any atom is 0.169 e. The highest BCUT2D eigenvalue weighted by Crippen LogP contribution is 2.54. The highest BCUT2D eigenvalue weighted by Gasteiger charge is 2.55. The molecule has 0 spiro atoms. The van der Waals surface area contributed by atoms with Crippen molar-refractivity contribution < 1.29 is 9.90 Å². The van der Waals surface area contributed by atoms with E-state index in [9.17, 15) is 9.90 Å². The van der Waals surface area contributed by atoms with E-state index < -0.39 is 6.10 Å². The van der Waals surface area contributed by atoms with Gasteiger partial charge in [-0.2, -0.15) is 0 Å². The van der Waals surface area contributed by atoms with Gasteiger partial charge in [0.15, 0.2) is 5.78 Å². The number of allylic oxidation sites excluding steroid dienone is 3. The van der Waals surface area contributed by atoms with Crippen LogP contribution in [0.1, 0.15) is 20.3 Å². The third kappa shape index (κ3) is 1.55. The van der Waals surface area contributed by atoms with Gasteiger partial charge in [0.05, 0.1) is 0 Å². The Kier molecular flexibility index (Phi) is 2.31. The van der Waals surface area contributed by atoms with E-state index in [2.05, 4.69) is 12.2 Å². The van der Waals surface area contributed by atoms with Gasteiger partial charge in [0.25, 0.3) is 0 Å². The molecule has 0 radical (unpaired) electrons. The van der Waals surface area contributed by atoms with Gasteiger partial charge >= 0.3 is 0 Å². The van der Waals surface area contributed by atoms with Crippen LogP contribution in [-0.4, -0.2) is 17.0 Å². The van der Waals surface area contributed by atoms with Crippen molar-refractivity contribution in [3.63, 3.8) is 0 Å². The number of fused-ring (bicyclic) bond motifs is 1. The van der Waals surface area contributed by atoms with Crippen LogP contribution in [0.5, 0.6) is 0 Å². The van der Waals surface area contributed by atoms with Crippen molar-refractivity contribution in [2.45, 2.75) is 26.4 Å². The summed E-state index contributed by atoms with van der Waals surface area (Å²) in [6, 6.07) is 0. The molecule has 1 fully saturated rings.